The summed E-state index contributed by atoms with van der Waals surface area (Å²) in [5.41, 5.74) is 0.878. The van der Waals surface area contributed by atoms with Gasteiger partial charge in [0.05, 0.1) is 5.69 Å². The van der Waals surface area contributed by atoms with Crippen LogP contribution in [0.5, 0.6) is 0 Å². The fourth-order valence-corrected chi connectivity index (χ4v) is 0.909. The van der Waals surface area contributed by atoms with Gasteiger partial charge in [-0.3, -0.25) is 0 Å². The summed E-state index contributed by atoms with van der Waals surface area (Å²) >= 11 is 0. The molecule has 0 spiro atoms. The van der Waals surface area contributed by atoms with Crippen molar-refractivity contribution in [2.75, 3.05) is 0 Å². The normalized spacial score (nSPS) is 13.8. The van der Waals surface area contributed by atoms with Gasteiger partial charge in [-0.05, 0) is 12.1 Å². The molecule has 58 valence electrons. The van der Waals surface area contributed by atoms with Crippen LogP contribution in [0.3, 0.4) is 0 Å². The second kappa shape index (κ2) is 3.09. The molecule has 0 amide bonds. The van der Waals surface area contributed by atoms with E-state index in [-0.39, 0.29) is 0 Å². The third kappa shape index (κ3) is 1.45. The molecular weight excluding hydrogens is 150 g/mol. The van der Waals surface area contributed by atoms with Crippen LogP contribution >= 0.6 is 0 Å². The minimum Gasteiger partial charge on any atom is -0.218 e. The summed E-state index contributed by atoms with van der Waals surface area (Å²) < 4.78 is 0. The van der Waals surface area contributed by atoms with Crippen LogP contribution in [0.4, 0.5) is 5.69 Å². The average Bonchev–Trinajstić information content (AvgIpc) is 2.59. The summed E-state index contributed by atoms with van der Waals surface area (Å²) in [6.07, 6.45) is 3.25. The van der Waals surface area contributed by atoms with Crippen molar-refractivity contribution in [2.24, 2.45) is 15.0 Å². The first-order valence-corrected chi connectivity index (χ1v) is 3.65. The van der Waals surface area contributed by atoms with Crippen LogP contribution in [0.1, 0.15) is 0 Å². The molecule has 0 saturated carbocycles. The van der Waals surface area contributed by atoms with E-state index in [1.807, 2.05) is 30.3 Å². The van der Waals surface area contributed by atoms with Gasteiger partial charge in [0.25, 0.3) is 0 Å². The molecular formula is C9H7N3. The largest absolute Gasteiger partial charge is 0.249 e. The van der Waals surface area contributed by atoms with Gasteiger partial charge in [0.2, 0.25) is 5.96 Å². The van der Waals surface area contributed by atoms with Crippen LogP contribution < -0.4 is 0 Å². The maximum atomic E-state index is 4.18. The van der Waals surface area contributed by atoms with E-state index in [2.05, 4.69) is 15.0 Å². The monoisotopic (exact) mass is 157 g/mol. The topological polar surface area (TPSA) is 37.1 Å². The number of guanidine groups is 1. The van der Waals surface area contributed by atoms with Crippen molar-refractivity contribution in [1.29, 1.82) is 0 Å². The predicted molar refractivity (Wildman–Crippen MR) is 50.5 cm³/mol. The molecule has 0 aromatic heterocycles. The van der Waals surface area contributed by atoms with E-state index in [0.717, 1.165) is 5.69 Å². The van der Waals surface area contributed by atoms with Crippen molar-refractivity contribution < 1.29 is 0 Å². The third-order valence-electron chi connectivity index (χ3n) is 1.43. The van der Waals surface area contributed by atoms with E-state index < -0.39 is 0 Å². The molecule has 12 heavy (non-hydrogen) atoms. The molecule has 3 heteroatoms. The minimum absolute atomic E-state index is 0.515. The highest BCUT2D eigenvalue weighted by Gasteiger charge is 1.95. The molecule has 3 nitrogen and oxygen atoms in total. The quantitative estimate of drug-likeness (QED) is 0.596. The van der Waals surface area contributed by atoms with E-state index in [4.69, 9.17) is 0 Å². The Bertz CT molecular complexity index is 335. The van der Waals surface area contributed by atoms with Gasteiger partial charge in [-0.25, -0.2) is 15.0 Å². The fraction of sp³-hybridized carbons (Fsp3) is 0. The van der Waals surface area contributed by atoms with Crippen LogP contribution in [-0.2, 0) is 0 Å². The second-order valence-corrected chi connectivity index (χ2v) is 2.30. The van der Waals surface area contributed by atoms with E-state index >= 15 is 0 Å². The van der Waals surface area contributed by atoms with Gasteiger partial charge in [0.1, 0.15) is 0 Å². The Kier molecular flexibility index (Phi) is 1.78. The van der Waals surface area contributed by atoms with Crippen molar-refractivity contribution in [3.63, 3.8) is 0 Å². The van der Waals surface area contributed by atoms with Crippen molar-refractivity contribution in [3.05, 3.63) is 30.3 Å². The van der Waals surface area contributed by atoms with E-state index in [1.54, 1.807) is 12.4 Å². The van der Waals surface area contributed by atoms with E-state index in [9.17, 15) is 0 Å². The van der Waals surface area contributed by atoms with Crippen molar-refractivity contribution in [2.45, 2.75) is 0 Å². The van der Waals surface area contributed by atoms with Gasteiger partial charge >= 0.3 is 0 Å². The summed E-state index contributed by atoms with van der Waals surface area (Å²) in [4.78, 5) is 12.0. The molecule has 0 radical (unpaired) electrons. The summed E-state index contributed by atoms with van der Waals surface area (Å²) in [5, 5.41) is 0. The molecule has 0 saturated heterocycles. The predicted octanol–water partition coefficient (Wildman–Crippen LogP) is 1.83. The molecule has 2 rings (SSSR count). The lowest BCUT2D eigenvalue weighted by Gasteiger charge is -1.90. The Balaban J connectivity index is 2.29. The molecule has 0 aliphatic carbocycles. The van der Waals surface area contributed by atoms with Gasteiger partial charge < -0.3 is 0 Å². The van der Waals surface area contributed by atoms with E-state index in [1.165, 1.54) is 0 Å². The van der Waals surface area contributed by atoms with Gasteiger partial charge in [-0.2, -0.15) is 0 Å². The first-order chi connectivity index (χ1) is 5.95. The molecule has 0 N–H and O–H groups in total. The maximum Gasteiger partial charge on any atom is 0.249 e. The van der Waals surface area contributed by atoms with Gasteiger partial charge in [0, 0.05) is 12.4 Å². The van der Waals surface area contributed by atoms with E-state index in [0.29, 0.717) is 5.96 Å². The Hall–Kier alpha value is -1.77. The highest BCUT2D eigenvalue weighted by molar-refractivity contribution is 6.26. The van der Waals surface area contributed by atoms with Crippen molar-refractivity contribution in [1.82, 2.24) is 0 Å². The highest BCUT2D eigenvalue weighted by atomic mass is 15.1. The molecule has 1 aliphatic heterocycles. The number of hydrogen-bond acceptors (Lipinski definition) is 1. The van der Waals surface area contributed by atoms with Crippen LogP contribution in [0.25, 0.3) is 0 Å². The SMILES string of the molecule is C1=NC(=Nc2ccccc2)N=C1. The fourth-order valence-electron chi connectivity index (χ4n) is 0.909. The van der Waals surface area contributed by atoms with Crippen LogP contribution in [-0.4, -0.2) is 18.4 Å². The molecule has 1 aromatic carbocycles. The second-order valence-electron chi connectivity index (χ2n) is 2.30. The summed E-state index contributed by atoms with van der Waals surface area (Å²) in [7, 11) is 0. The van der Waals surface area contributed by atoms with Gasteiger partial charge in [0.15, 0.2) is 0 Å². The molecule has 0 fully saturated rings. The summed E-state index contributed by atoms with van der Waals surface area (Å²) in [6, 6.07) is 9.64. The smallest absolute Gasteiger partial charge is 0.218 e. The molecule has 0 atom stereocenters. The maximum absolute atomic E-state index is 4.18. The van der Waals surface area contributed by atoms with Crippen molar-refractivity contribution >= 4 is 24.1 Å². The number of rotatable bonds is 1. The van der Waals surface area contributed by atoms with Gasteiger partial charge in [-0.15, -0.1) is 0 Å². The average molecular weight is 157 g/mol. The standard InChI is InChI=1S/C9H7N3/c1-2-4-8(5-3-1)12-9-10-6-7-11-9/h1-7H. The first kappa shape index (κ1) is 6.91. The van der Waals surface area contributed by atoms with Crippen molar-refractivity contribution in [3.8, 4) is 0 Å². The number of benzene rings is 1. The zero-order chi connectivity index (χ0) is 8.23. The lowest BCUT2D eigenvalue weighted by molar-refractivity contribution is 1.44. The van der Waals surface area contributed by atoms with Crippen LogP contribution in [0.15, 0.2) is 45.3 Å². The zero-order valence-corrected chi connectivity index (χ0v) is 6.38. The zero-order valence-electron chi connectivity index (χ0n) is 6.38. The number of nitrogens with zero attached hydrogens (tertiary/aromatic N) is 3. The Labute approximate surface area is 70.2 Å². The molecule has 0 unspecified atom stereocenters. The van der Waals surface area contributed by atoms with Crippen LogP contribution in [0, 0.1) is 0 Å². The Morgan fingerprint density at radius 3 is 2.25 bits per heavy atom. The molecule has 1 heterocycles. The molecule has 1 aromatic rings. The number of hydrogen-bond donors (Lipinski definition) is 0. The summed E-state index contributed by atoms with van der Waals surface area (Å²) in [5.74, 6) is 0.515. The Morgan fingerprint density at radius 2 is 1.58 bits per heavy atom. The lowest BCUT2D eigenvalue weighted by Crippen LogP contribution is -1.80. The third-order valence-corrected chi connectivity index (χ3v) is 1.43. The number of para-hydroxylation sites is 1. The summed E-state index contributed by atoms with van der Waals surface area (Å²) in [6.45, 7) is 0. The van der Waals surface area contributed by atoms with Crippen LogP contribution in [0.2, 0.25) is 0 Å². The minimum atomic E-state index is 0.515. The number of aliphatic imine (C=N–C) groups is 3. The lowest BCUT2D eigenvalue weighted by atomic mass is 10.3. The Morgan fingerprint density at radius 1 is 0.917 bits per heavy atom. The highest BCUT2D eigenvalue weighted by Crippen LogP contribution is 2.10. The molecule has 1 aliphatic rings. The first-order valence-electron chi connectivity index (χ1n) is 3.65. The van der Waals surface area contributed by atoms with Gasteiger partial charge in [-0.1, -0.05) is 18.2 Å². The molecule has 0 bridgehead atoms.